The highest BCUT2D eigenvalue weighted by Gasteiger charge is 2.20. The zero-order chi connectivity index (χ0) is 15.2. The van der Waals surface area contributed by atoms with Crippen LogP contribution in [0.4, 0.5) is 14.9 Å². The molecule has 1 aromatic carbocycles. The first kappa shape index (κ1) is 15.8. The van der Waals surface area contributed by atoms with Crippen molar-refractivity contribution < 1.29 is 9.18 Å². The predicted molar refractivity (Wildman–Crippen MR) is 82.9 cm³/mol. The van der Waals surface area contributed by atoms with Crippen molar-refractivity contribution in [3.63, 3.8) is 0 Å². The molecular formula is C16H24FN3O. The molecule has 1 aliphatic heterocycles. The molecule has 2 N–H and O–H groups in total. The minimum atomic E-state index is -0.358. The highest BCUT2D eigenvalue weighted by molar-refractivity contribution is 5.89. The third-order valence-electron chi connectivity index (χ3n) is 4.08. The molecule has 5 heteroatoms. The van der Waals surface area contributed by atoms with Gasteiger partial charge in [-0.1, -0.05) is 13.0 Å². The fourth-order valence-corrected chi connectivity index (χ4v) is 2.58. The Labute approximate surface area is 125 Å². The van der Waals surface area contributed by atoms with Gasteiger partial charge in [0, 0.05) is 18.3 Å². The number of amides is 2. The first-order valence-corrected chi connectivity index (χ1v) is 7.59. The number of nitrogens with zero attached hydrogens (tertiary/aromatic N) is 1. The molecule has 1 saturated heterocycles. The normalized spacial score (nSPS) is 18.2. The van der Waals surface area contributed by atoms with Gasteiger partial charge in [0.25, 0.3) is 0 Å². The Morgan fingerprint density at radius 1 is 1.43 bits per heavy atom. The molecule has 21 heavy (non-hydrogen) atoms. The number of anilines is 1. The zero-order valence-electron chi connectivity index (χ0n) is 12.7. The van der Waals surface area contributed by atoms with Crippen LogP contribution in [-0.4, -0.2) is 36.6 Å². The summed E-state index contributed by atoms with van der Waals surface area (Å²) in [6.45, 7) is 7.19. The Bertz CT molecular complexity index is 472. The second-order valence-corrected chi connectivity index (χ2v) is 5.91. The largest absolute Gasteiger partial charge is 0.336 e. The summed E-state index contributed by atoms with van der Waals surface area (Å²) in [5.41, 5.74) is 0.465. The fourth-order valence-electron chi connectivity index (χ4n) is 2.58. The number of urea groups is 1. The maximum atomic E-state index is 13.0. The molecule has 1 heterocycles. The molecule has 1 aromatic rings. The summed E-state index contributed by atoms with van der Waals surface area (Å²) in [5.74, 6) is 0.446. The predicted octanol–water partition coefficient (Wildman–Crippen LogP) is 3.07. The molecule has 116 valence electrons. The number of carbonyl (C=O) groups excluding carboxylic acids is 1. The highest BCUT2D eigenvalue weighted by atomic mass is 19.1. The lowest BCUT2D eigenvalue weighted by Crippen LogP contribution is -2.46. The Morgan fingerprint density at radius 3 is 2.81 bits per heavy atom. The monoisotopic (exact) mass is 293 g/mol. The van der Waals surface area contributed by atoms with E-state index in [0.717, 1.165) is 19.0 Å². The summed E-state index contributed by atoms with van der Waals surface area (Å²) >= 11 is 0. The minimum Gasteiger partial charge on any atom is -0.336 e. The van der Waals surface area contributed by atoms with E-state index in [1.165, 1.54) is 25.0 Å². The summed E-state index contributed by atoms with van der Waals surface area (Å²) in [6.07, 6.45) is 2.44. The third-order valence-corrected chi connectivity index (χ3v) is 4.08. The number of likely N-dealkylation sites (tertiary alicyclic amines) is 1. The molecule has 2 amide bonds. The van der Waals surface area contributed by atoms with E-state index < -0.39 is 0 Å². The quantitative estimate of drug-likeness (QED) is 0.896. The van der Waals surface area contributed by atoms with Crippen molar-refractivity contribution in [1.29, 1.82) is 0 Å². The molecule has 0 aromatic heterocycles. The summed E-state index contributed by atoms with van der Waals surface area (Å²) in [4.78, 5) is 14.2. The van der Waals surface area contributed by atoms with Crippen molar-refractivity contribution in [2.45, 2.75) is 32.7 Å². The van der Waals surface area contributed by atoms with Crippen molar-refractivity contribution in [1.82, 2.24) is 10.2 Å². The van der Waals surface area contributed by atoms with Gasteiger partial charge in [-0.05, 0) is 57.0 Å². The Kier molecular flexibility index (Phi) is 5.56. The molecule has 0 radical (unpaired) electrons. The number of carbonyl (C=O) groups is 1. The fraction of sp³-hybridized carbons (Fsp3) is 0.562. The smallest absolute Gasteiger partial charge is 0.319 e. The number of hydrogen-bond donors (Lipinski definition) is 2. The molecule has 4 nitrogen and oxygen atoms in total. The Hall–Kier alpha value is -1.62. The average molecular weight is 293 g/mol. The first-order chi connectivity index (χ1) is 10.0. The van der Waals surface area contributed by atoms with Crippen molar-refractivity contribution in [2.24, 2.45) is 5.92 Å². The third kappa shape index (κ3) is 5.01. The molecule has 1 aliphatic rings. The van der Waals surface area contributed by atoms with E-state index in [2.05, 4.69) is 29.4 Å². The molecule has 1 fully saturated rings. The lowest BCUT2D eigenvalue weighted by Gasteiger charge is -2.34. The van der Waals surface area contributed by atoms with Crippen LogP contribution in [0, 0.1) is 11.7 Å². The van der Waals surface area contributed by atoms with Crippen LogP contribution in [0.2, 0.25) is 0 Å². The van der Waals surface area contributed by atoms with Crippen molar-refractivity contribution in [3.8, 4) is 0 Å². The van der Waals surface area contributed by atoms with Crippen LogP contribution < -0.4 is 10.6 Å². The molecular weight excluding hydrogens is 269 g/mol. The van der Waals surface area contributed by atoms with Crippen molar-refractivity contribution in [3.05, 3.63) is 30.1 Å². The summed E-state index contributed by atoms with van der Waals surface area (Å²) < 4.78 is 13.0. The van der Waals surface area contributed by atoms with Crippen molar-refractivity contribution >= 4 is 11.7 Å². The maximum absolute atomic E-state index is 13.0. The molecule has 1 atom stereocenters. The molecule has 0 unspecified atom stereocenters. The standard InChI is InChI=1S/C16H24FN3O/c1-12-6-8-20(9-7-12)13(2)11-18-16(21)19-15-5-3-4-14(17)10-15/h3-5,10,12-13H,6-9,11H2,1-2H3,(H2,18,19,21)/t13-/m1/s1. The van der Waals surface area contributed by atoms with Gasteiger partial charge < -0.3 is 10.6 Å². The van der Waals surface area contributed by atoms with Crippen LogP contribution >= 0.6 is 0 Å². The highest BCUT2D eigenvalue weighted by Crippen LogP contribution is 2.17. The van der Waals surface area contributed by atoms with E-state index in [9.17, 15) is 9.18 Å². The van der Waals surface area contributed by atoms with Crippen LogP contribution in [0.3, 0.4) is 0 Å². The van der Waals surface area contributed by atoms with Crippen LogP contribution in [0.5, 0.6) is 0 Å². The lowest BCUT2D eigenvalue weighted by molar-refractivity contribution is 0.146. The Morgan fingerprint density at radius 2 is 2.14 bits per heavy atom. The average Bonchev–Trinajstić information content (AvgIpc) is 2.45. The van der Waals surface area contributed by atoms with E-state index in [1.807, 2.05) is 0 Å². The second kappa shape index (κ2) is 7.41. The van der Waals surface area contributed by atoms with Crippen molar-refractivity contribution in [2.75, 3.05) is 25.0 Å². The van der Waals surface area contributed by atoms with Crippen LogP contribution in [0.15, 0.2) is 24.3 Å². The van der Waals surface area contributed by atoms with Gasteiger partial charge in [0.05, 0.1) is 0 Å². The van der Waals surface area contributed by atoms with Gasteiger partial charge in [-0.25, -0.2) is 9.18 Å². The molecule has 2 rings (SSSR count). The van der Waals surface area contributed by atoms with Gasteiger partial charge in [-0.15, -0.1) is 0 Å². The Balaban J connectivity index is 1.73. The minimum absolute atomic E-state index is 0.294. The van der Waals surface area contributed by atoms with E-state index in [-0.39, 0.29) is 11.8 Å². The first-order valence-electron chi connectivity index (χ1n) is 7.59. The van der Waals surface area contributed by atoms with Crippen LogP contribution in [0.25, 0.3) is 0 Å². The summed E-state index contributed by atoms with van der Waals surface area (Å²) in [5, 5.41) is 5.48. The molecule has 0 aliphatic carbocycles. The van der Waals surface area contributed by atoms with E-state index in [4.69, 9.17) is 0 Å². The van der Waals surface area contributed by atoms with E-state index in [1.54, 1.807) is 12.1 Å². The zero-order valence-corrected chi connectivity index (χ0v) is 12.7. The number of rotatable bonds is 4. The van der Waals surface area contributed by atoms with Gasteiger partial charge >= 0.3 is 6.03 Å². The second-order valence-electron chi connectivity index (χ2n) is 5.91. The number of halogens is 1. The topological polar surface area (TPSA) is 44.4 Å². The lowest BCUT2D eigenvalue weighted by atomic mass is 9.98. The van der Waals surface area contributed by atoms with Gasteiger partial charge in [0.2, 0.25) is 0 Å². The maximum Gasteiger partial charge on any atom is 0.319 e. The van der Waals surface area contributed by atoms with E-state index in [0.29, 0.717) is 18.3 Å². The van der Waals surface area contributed by atoms with E-state index >= 15 is 0 Å². The van der Waals surface area contributed by atoms with Gasteiger partial charge in [-0.2, -0.15) is 0 Å². The molecule has 0 bridgehead atoms. The van der Waals surface area contributed by atoms with Crippen LogP contribution in [-0.2, 0) is 0 Å². The summed E-state index contributed by atoms with van der Waals surface area (Å²) in [6, 6.07) is 5.91. The van der Waals surface area contributed by atoms with Crippen LogP contribution in [0.1, 0.15) is 26.7 Å². The molecule has 0 spiro atoms. The van der Waals surface area contributed by atoms with Gasteiger partial charge in [0.1, 0.15) is 5.82 Å². The number of piperidine rings is 1. The number of nitrogens with one attached hydrogen (secondary N) is 2. The SMILES string of the molecule is CC1CCN([C@H](C)CNC(=O)Nc2cccc(F)c2)CC1. The molecule has 0 saturated carbocycles. The van der Waals surface area contributed by atoms with Gasteiger partial charge in [-0.3, -0.25) is 4.90 Å². The summed E-state index contributed by atoms with van der Waals surface area (Å²) in [7, 11) is 0. The van der Waals surface area contributed by atoms with Gasteiger partial charge in [0.15, 0.2) is 0 Å². The number of hydrogen-bond acceptors (Lipinski definition) is 2. The number of benzene rings is 1.